The van der Waals surface area contributed by atoms with E-state index in [1.807, 2.05) is 38.3 Å². The minimum Gasteiger partial charge on any atom is -0.494 e. The minimum absolute atomic E-state index is 0.391. The summed E-state index contributed by atoms with van der Waals surface area (Å²) in [5.74, 6) is 0.207. The van der Waals surface area contributed by atoms with E-state index in [-0.39, 0.29) is 0 Å². The first-order valence-corrected chi connectivity index (χ1v) is 9.12. The first kappa shape index (κ1) is 18.3. The largest absolute Gasteiger partial charge is 0.494 e. The number of pyridine rings is 1. The van der Waals surface area contributed by atoms with E-state index in [0.717, 1.165) is 28.1 Å². The van der Waals surface area contributed by atoms with E-state index < -0.39 is 12.2 Å². The lowest BCUT2D eigenvalue weighted by Gasteiger charge is -2.12. The van der Waals surface area contributed by atoms with Gasteiger partial charge in [0.1, 0.15) is 5.75 Å². The number of nitrogens with one attached hydrogen (secondary N) is 1. The number of nitrogens with zero attached hydrogens (tertiary/aromatic N) is 2. The fourth-order valence-corrected chi connectivity index (χ4v) is 3.55. The van der Waals surface area contributed by atoms with Gasteiger partial charge in [0.15, 0.2) is 11.4 Å². The zero-order valence-electron chi connectivity index (χ0n) is 14.8. The van der Waals surface area contributed by atoms with Gasteiger partial charge in [-0.3, -0.25) is 0 Å². The number of anilines is 1. The molecule has 5 nitrogen and oxygen atoms in total. The van der Waals surface area contributed by atoms with Crippen molar-refractivity contribution in [2.24, 2.45) is 0 Å². The molecular formula is C19H20FN3O2S. The summed E-state index contributed by atoms with van der Waals surface area (Å²) in [6.45, 7) is 6.62. The van der Waals surface area contributed by atoms with Gasteiger partial charge >= 0.3 is 0 Å². The Balaban J connectivity index is 1.82. The Morgan fingerprint density at radius 1 is 1.27 bits per heavy atom. The highest BCUT2D eigenvalue weighted by molar-refractivity contribution is 7.14. The van der Waals surface area contributed by atoms with E-state index >= 15 is 0 Å². The number of benzene rings is 1. The average Bonchev–Trinajstić information content (AvgIpc) is 3.02. The summed E-state index contributed by atoms with van der Waals surface area (Å²) in [5.41, 5.74) is 4.40. The van der Waals surface area contributed by atoms with E-state index in [2.05, 4.69) is 15.3 Å². The Morgan fingerprint density at radius 2 is 2.00 bits per heavy atom. The number of ether oxygens (including phenoxy) is 1. The van der Waals surface area contributed by atoms with Crippen molar-refractivity contribution in [3.63, 3.8) is 0 Å². The van der Waals surface area contributed by atoms with Crippen LogP contribution in [0.5, 0.6) is 5.75 Å². The molecule has 2 N–H and O–H groups in total. The highest BCUT2D eigenvalue weighted by Gasteiger charge is 2.14. The number of aromatic nitrogens is 2. The van der Waals surface area contributed by atoms with Crippen LogP contribution in [0.25, 0.3) is 11.3 Å². The van der Waals surface area contributed by atoms with E-state index in [4.69, 9.17) is 4.74 Å². The number of hydrogen-bond donors (Lipinski definition) is 2. The summed E-state index contributed by atoms with van der Waals surface area (Å²) >= 11 is 1.38. The molecule has 26 heavy (non-hydrogen) atoms. The molecule has 1 aromatic carbocycles. The second kappa shape index (κ2) is 7.80. The summed E-state index contributed by atoms with van der Waals surface area (Å²) < 4.78 is 18.8. The van der Waals surface area contributed by atoms with Crippen molar-refractivity contribution in [3.05, 3.63) is 58.5 Å². The third kappa shape index (κ3) is 4.00. The van der Waals surface area contributed by atoms with Crippen LogP contribution in [0.1, 0.15) is 29.8 Å². The lowest BCUT2D eigenvalue weighted by molar-refractivity contribution is 0.207. The van der Waals surface area contributed by atoms with Gasteiger partial charge in [-0.05, 0) is 50.1 Å². The zero-order chi connectivity index (χ0) is 18.7. The van der Waals surface area contributed by atoms with Crippen LogP contribution in [0.3, 0.4) is 0 Å². The Hall–Kier alpha value is -2.51. The van der Waals surface area contributed by atoms with Gasteiger partial charge in [0, 0.05) is 28.8 Å². The van der Waals surface area contributed by atoms with Crippen molar-refractivity contribution in [2.45, 2.75) is 27.0 Å². The summed E-state index contributed by atoms with van der Waals surface area (Å²) in [6, 6.07) is 6.72. The number of hydrogen-bond acceptors (Lipinski definition) is 6. The first-order chi connectivity index (χ1) is 12.5. The molecule has 0 radical (unpaired) electrons. The van der Waals surface area contributed by atoms with Crippen LogP contribution in [0.4, 0.5) is 9.52 Å². The van der Waals surface area contributed by atoms with Crippen molar-refractivity contribution in [3.8, 4) is 17.0 Å². The molecule has 7 heteroatoms. The molecule has 3 aromatic rings. The average molecular weight is 373 g/mol. The molecule has 0 spiro atoms. The summed E-state index contributed by atoms with van der Waals surface area (Å²) in [6.07, 6.45) is 0.254. The molecule has 0 amide bonds. The smallest absolute Gasteiger partial charge is 0.213 e. The van der Waals surface area contributed by atoms with Crippen LogP contribution in [0.2, 0.25) is 0 Å². The van der Waals surface area contributed by atoms with Gasteiger partial charge in [0.25, 0.3) is 0 Å². The van der Waals surface area contributed by atoms with Crippen LogP contribution in [-0.2, 0) is 0 Å². The predicted molar refractivity (Wildman–Crippen MR) is 101 cm³/mol. The molecule has 0 aliphatic carbocycles. The standard InChI is InChI=1S/C19H20FN3O2S/c1-4-25-14-7-11(2)17(12(3)8-14)15-10-26-19(22-15)23-18(24)13-5-6-21-16(20)9-13/h5-10,18,24H,4H2,1-3H3,(H,22,23). The fourth-order valence-electron chi connectivity index (χ4n) is 2.82. The molecule has 0 aliphatic heterocycles. The molecule has 136 valence electrons. The number of aliphatic hydroxyl groups excluding tert-OH is 1. The molecule has 0 fully saturated rings. The molecule has 2 heterocycles. The quantitative estimate of drug-likeness (QED) is 0.493. The Kier molecular flexibility index (Phi) is 5.49. The maximum Gasteiger partial charge on any atom is 0.213 e. The normalized spacial score (nSPS) is 12.0. The highest BCUT2D eigenvalue weighted by Crippen LogP contribution is 2.33. The number of rotatable bonds is 6. The van der Waals surface area contributed by atoms with Crippen molar-refractivity contribution in [1.29, 1.82) is 0 Å². The lowest BCUT2D eigenvalue weighted by Crippen LogP contribution is -2.10. The maximum atomic E-state index is 13.2. The van der Waals surface area contributed by atoms with Gasteiger partial charge in [-0.1, -0.05) is 0 Å². The van der Waals surface area contributed by atoms with E-state index in [1.54, 1.807) is 6.07 Å². The molecule has 0 saturated carbocycles. The van der Waals surface area contributed by atoms with E-state index in [9.17, 15) is 9.50 Å². The van der Waals surface area contributed by atoms with Gasteiger partial charge in [-0.25, -0.2) is 9.97 Å². The summed E-state index contributed by atoms with van der Waals surface area (Å²) in [5, 5.41) is 15.6. The molecule has 1 atom stereocenters. The Bertz CT molecular complexity index is 890. The summed E-state index contributed by atoms with van der Waals surface area (Å²) in [7, 11) is 0. The lowest BCUT2D eigenvalue weighted by atomic mass is 10.0. The number of thiazole rings is 1. The van der Waals surface area contributed by atoms with Gasteiger partial charge in [-0.2, -0.15) is 4.39 Å². The zero-order valence-corrected chi connectivity index (χ0v) is 15.6. The summed E-state index contributed by atoms with van der Waals surface area (Å²) in [4.78, 5) is 8.05. The van der Waals surface area contributed by atoms with Crippen LogP contribution < -0.4 is 10.1 Å². The van der Waals surface area contributed by atoms with Gasteiger partial charge < -0.3 is 15.2 Å². The fraction of sp³-hybridized carbons (Fsp3) is 0.263. The van der Waals surface area contributed by atoms with Crippen LogP contribution in [0.15, 0.2) is 35.8 Å². The van der Waals surface area contributed by atoms with Crippen LogP contribution >= 0.6 is 11.3 Å². The van der Waals surface area contributed by atoms with E-state index in [1.165, 1.54) is 23.6 Å². The second-order valence-corrected chi connectivity index (χ2v) is 6.72. The van der Waals surface area contributed by atoms with Gasteiger partial charge in [0.2, 0.25) is 5.95 Å². The predicted octanol–water partition coefficient (Wildman–Crippen LogP) is 4.46. The maximum absolute atomic E-state index is 13.2. The highest BCUT2D eigenvalue weighted by atomic mass is 32.1. The third-order valence-corrected chi connectivity index (χ3v) is 4.68. The molecule has 0 aliphatic rings. The SMILES string of the molecule is CCOc1cc(C)c(-c2csc(NC(O)c3ccnc(F)c3)n2)c(C)c1. The van der Waals surface area contributed by atoms with Crippen molar-refractivity contribution >= 4 is 16.5 Å². The number of halogens is 1. The third-order valence-electron chi connectivity index (χ3n) is 3.90. The Labute approximate surface area is 155 Å². The number of aliphatic hydroxyl groups is 1. The topological polar surface area (TPSA) is 67.3 Å². The molecule has 0 saturated heterocycles. The Morgan fingerprint density at radius 3 is 2.65 bits per heavy atom. The molecule has 1 unspecified atom stereocenters. The van der Waals surface area contributed by atoms with Crippen molar-refractivity contribution in [2.75, 3.05) is 11.9 Å². The van der Waals surface area contributed by atoms with Gasteiger partial charge in [0.05, 0.1) is 12.3 Å². The minimum atomic E-state index is -1.06. The number of aryl methyl sites for hydroxylation is 2. The first-order valence-electron chi connectivity index (χ1n) is 8.24. The second-order valence-electron chi connectivity index (χ2n) is 5.86. The molecule has 0 bridgehead atoms. The van der Waals surface area contributed by atoms with E-state index in [0.29, 0.717) is 17.3 Å². The van der Waals surface area contributed by atoms with Crippen molar-refractivity contribution in [1.82, 2.24) is 9.97 Å². The van der Waals surface area contributed by atoms with Crippen molar-refractivity contribution < 1.29 is 14.2 Å². The van der Waals surface area contributed by atoms with Crippen LogP contribution in [0, 0.1) is 19.8 Å². The molecule has 2 aromatic heterocycles. The van der Waals surface area contributed by atoms with Crippen LogP contribution in [-0.4, -0.2) is 21.7 Å². The van der Waals surface area contributed by atoms with Gasteiger partial charge in [-0.15, -0.1) is 11.3 Å². The monoisotopic (exact) mass is 373 g/mol. The molecule has 3 rings (SSSR count). The molecular weight excluding hydrogens is 353 g/mol.